The number of amides is 1. The fraction of sp³-hybridized carbons (Fsp3) is 0.312. The van der Waals surface area contributed by atoms with E-state index >= 15 is 0 Å². The molecule has 0 radical (unpaired) electrons. The van der Waals surface area contributed by atoms with E-state index in [0.717, 1.165) is 37.8 Å². The van der Waals surface area contributed by atoms with Crippen LogP contribution in [-0.2, 0) is 19.0 Å². The highest BCUT2D eigenvalue weighted by atomic mass is 35.5. The van der Waals surface area contributed by atoms with Crippen LogP contribution in [0.2, 0.25) is 5.02 Å². The molecule has 1 aliphatic carbocycles. The Balaban J connectivity index is 1.81. The van der Waals surface area contributed by atoms with Gasteiger partial charge in [-0.05, 0) is 55.5 Å². The predicted octanol–water partition coefficient (Wildman–Crippen LogP) is 5.55. The molecule has 0 fully saturated rings. The van der Waals surface area contributed by atoms with Crippen molar-refractivity contribution in [2.75, 3.05) is 5.32 Å². The van der Waals surface area contributed by atoms with Crippen LogP contribution < -0.4 is 5.32 Å². The van der Waals surface area contributed by atoms with Crippen LogP contribution >= 0.6 is 22.9 Å². The van der Waals surface area contributed by atoms with E-state index in [2.05, 4.69) is 5.32 Å². The number of hydrogen-bond acceptors (Lipinski definition) is 2. The Morgan fingerprint density at radius 1 is 1.17 bits per heavy atom. The van der Waals surface area contributed by atoms with Crippen molar-refractivity contribution in [3.8, 4) is 0 Å². The van der Waals surface area contributed by atoms with Crippen molar-refractivity contribution in [3.05, 3.63) is 50.2 Å². The highest BCUT2D eigenvalue weighted by molar-refractivity contribution is 7.14. The lowest BCUT2D eigenvalue weighted by molar-refractivity contribution is -0.137. The maximum atomic E-state index is 12.8. The van der Waals surface area contributed by atoms with Crippen LogP contribution in [0.15, 0.2) is 24.3 Å². The van der Waals surface area contributed by atoms with Crippen molar-refractivity contribution in [2.24, 2.45) is 0 Å². The number of rotatable bonds is 2. The molecule has 1 amide bonds. The quantitative estimate of drug-likeness (QED) is 0.748. The molecule has 7 heteroatoms. The number of nitrogens with one attached hydrogen (secondary N) is 1. The number of alkyl halides is 3. The number of anilines is 1. The Kier molecular flexibility index (Phi) is 4.38. The van der Waals surface area contributed by atoms with Crippen LogP contribution in [0, 0.1) is 0 Å². The number of benzene rings is 1. The number of carbonyl (C=O) groups excluding carboxylic acids is 1. The Morgan fingerprint density at radius 2 is 1.91 bits per heavy atom. The average molecular weight is 360 g/mol. The van der Waals surface area contributed by atoms with Gasteiger partial charge in [-0.2, -0.15) is 13.2 Å². The third-order valence-corrected chi connectivity index (χ3v) is 5.32. The molecule has 3 rings (SSSR count). The van der Waals surface area contributed by atoms with Crippen molar-refractivity contribution in [2.45, 2.75) is 31.9 Å². The maximum absolute atomic E-state index is 12.8. The fourth-order valence-corrected chi connectivity index (χ4v) is 3.99. The molecule has 0 bridgehead atoms. The minimum Gasteiger partial charge on any atom is -0.321 e. The first-order chi connectivity index (χ1) is 10.8. The Hall–Kier alpha value is -1.53. The first-order valence-electron chi connectivity index (χ1n) is 7.14. The summed E-state index contributed by atoms with van der Waals surface area (Å²) in [7, 11) is 0. The van der Waals surface area contributed by atoms with Crippen molar-refractivity contribution in [3.63, 3.8) is 0 Å². The van der Waals surface area contributed by atoms with E-state index < -0.39 is 11.7 Å². The van der Waals surface area contributed by atoms with E-state index in [4.69, 9.17) is 11.6 Å². The standard InChI is InChI=1S/C16H13ClF3NOS/c17-12-6-5-10(8-11(12)16(18,19)20)21-15(22)14-7-9-3-1-2-4-13(9)23-14/h5-8H,1-4H2,(H,21,22). The van der Waals surface area contributed by atoms with Crippen LogP contribution in [-0.4, -0.2) is 5.91 Å². The second-order valence-corrected chi connectivity index (χ2v) is 6.96. The van der Waals surface area contributed by atoms with Crippen LogP contribution in [0.4, 0.5) is 18.9 Å². The van der Waals surface area contributed by atoms with Gasteiger partial charge in [0.05, 0.1) is 15.5 Å². The summed E-state index contributed by atoms with van der Waals surface area (Å²) >= 11 is 6.99. The van der Waals surface area contributed by atoms with Gasteiger partial charge < -0.3 is 5.32 Å². The van der Waals surface area contributed by atoms with E-state index in [1.807, 2.05) is 6.07 Å². The first-order valence-corrected chi connectivity index (χ1v) is 8.34. The van der Waals surface area contributed by atoms with E-state index in [1.165, 1.54) is 27.8 Å². The molecule has 1 N–H and O–H groups in total. The van der Waals surface area contributed by atoms with Gasteiger partial charge in [-0.3, -0.25) is 4.79 Å². The molecule has 0 atom stereocenters. The van der Waals surface area contributed by atoms with Crippen molar-refractivity contribution < 1.29 is 18.0 Å². The van der Waals surface area contributed by atoms with Crippen LogP contribution in [0.1, 0.15) is 38.5 Å². The SMILES string of the molecule is O=C(Nc1ccc(Cl)c(C(F)(F)F)c1)c1cc2c(s1)CCCC2. The molecule has 1 aromatic heterocycles. The van der Waals surface area contributed by atoms with Gasteiger partial charge in [0.15, 0.2) is 0 Å². The normalized spacial score (nSPS) is 14.4. The number of halogens is 4. The Bertz CT molecular complexity index is 731. The summed E-state index contributed by atoms with van der Waals surface area (Å²) < 4.78 is 38.5. The second-order valence-electron chi connectivity index (χ2n) is 5.41. The number of carbonyl (C=O) groups is 1. The van der Waals surface area contributed by atoms with Gasteiger partial charge in [0.25, 0.3) is 5.91 Å². The third-order valence-electron chi connectivity index (χ3n) is 3.75. The van der Waals surface area contributed by atoms with Gasteiger partial charge in [-0.15, -0.1) is 11.3 Å². The van der Waals surface area contributed by atoms with Crippen LogP contribution in [0.5, 0.6) is 0 Å². The fourth-order valence-electron chi connectivity index (χ4n) is 2.62. The summed E-state index contributed by atoms with van der Waals surface area (Å²) in [5.41, 5.74) is 0.305. The van der Waals surface area contributed by atoms with E-state index in [1.54, 1.807) is 0 Å². The lowest BCUT2D eigenvalue weighted by atomic mass is 9.99. The third kappa shape index (κ3) is 3.53. The largest absolute Gasteiger partial charge is 0.417 e. The molecule has 2 nitrogen and oxygen atoms in total. The van der Waals surface area contributed by atoms with E-state index in [0.29, 0.717) is 4.88 Å². The highest BCUT2D eigenvalue weighted by Gasteiger charge is 2.33. The van der Waals surface area contributed by atoms with Gasteiger partial charge in [-0.25, -0.2) is 0 Å². The zero-order valence-corrected chi connectivity index (χ0v) is 13.5. The van der Waals surface area contributed by atoms with Crippen molar-refractivity contribution in [1.82, 2.24) is 0 Å². The molecule has 0 aliphatic heterocycles. The lowest BCUT2D eigenvalue weighted by Crippen LogP contribution is -2.12. The molecule has 0 spiro atoms. The van der Waals surface area contributed by atoms with E-state index in [9.17, 15) is 18.0 Å². The number of aryl methyl sites for hydroxylation is 2. The molecule has 1 aromatic carbocycles. The van der Waals surface area contributed by atoms with Gasteiger partial charge >= 0.3 is 6.18 Å². The molecule has 0 unspecified atom stereocenters. The minimum absolute atomic E-state index is 0.0816. The van der Waals surface area contributed by atoms with Gasteiger partial charge in [-0.1, -0.05) is 11.6 Å². The summed E-state index contributed by atoms with van der Waals surface area (Å²) in [5.74, 6) is -0.389. The average Bonchev–Trinajstić information content (AvgIpc) is 2.92. The predicted molar refractivity (Wildman–Crippen MR) is 85.4 cm³/mol. The number of hydrogen-bond donors (Lipinski definition) is 1. The zero-order chi connectivity index (χ0) is 16.6. The van der Waals surface area contributed by atoms with Crippen LogP contribution in [0.25, 0.3) is 0 Å². The summed E-state index contributed by atoms with van der Waals surface area (Å²) in [6.45, 7) is 0. The maximum Gasteiger partial charge on any atom is 0.417 e. The van der Waals surface area contributed by atoms with E-state index in [-0.39, 0.29) is 16.6 Å². The second kappa shape index (κ2) is 6.17. The zero-order valence-electron chi connectivity index (χ0n) is 12.0. The molecule has 23 heavy (non-hydrogen) atoms. The Morgan fingerprint density at radius 3 is 2.61 bits per heavy atom. The van der Waals surface area contributed by atoms with Gasteiger partial charge in [0, 0.05) is 10.6 Å². The summed E-state index contributed by atoms with van der Waals surface area (Å²) in [6, 6.07) is 5.20. The highest BCUT2D eigenvalue weighted by Crippen LogP contribution is 2.36. The molecular weight excluding hydrogens is 347 g/mol. The van der Waals surface area contributed by atoms with Gasteiger partial charge in [0.2, 0.25) is 0 Å². The molecule has 1 heterocycles. The molecular formula is C16H13ClF3NOS. The number of thiophene rings is 1. The lowest BCUT2D eigenvalue weighted by Gasteiger charge is -2.11. The molecule has 0 saturated carbocycles. The summed E-state index contributed by atoms with van der Waals surface area (Å²) in [4.78, 5) is 14.0. The minimum atomic E-state index is -4.56. The smallest absolute Gasteiger partial charge is 0.321 e. The van der Waals surface area contributed by atoms with Crippen molar-refractivity contribution in [1.29, 1.82) is 0 Å². The topological polar surface area (TPSA) is 29.1 Å². The molecule has 122 valence electrons. The van der Waals surface area contributed by atoms with Crippen LogP contribution in [0.3, 0.4) is 0 Å². The Labute approximate surface area is 140 Å². The first kappa shape index (κ1) is 16.3. The van der Waals surface area contributed by atoms with Crippen molar-refractivity contribution >= 4 is 34.5 Å². The van der Waals surface area contributed by atoms with Gasteiger partial charge in [0.1, 0.15) is 0 Å². The summed E-state index contributed by atoms with van der Waals surface area (Å²) in [5, 5.41) is 2.13. The molecule has 1 aliphatic rings. The monoisotopic (exact) mass is 359 g/mol. The molecule has 0 saturated heterocycles. The summed E-state index contributed by atoms with van der Waals surface area (Å²) in [6.07, 6.45) is -0.414. The molecule has 2 aromatic rings. The number of fused-ring (bicyclic) bond motifs is 1.